The average molecular weight is 1030 g/mol. The van der Waals surface area contributed by atoms with Crippen LogP contribution >= 0.6 is 0 Å². The summed E-state index contributed by atoms with van der Waals surface area (Å²) in [5.74, 6) is -0.915. The number of carbonyl (C=O) groups is 3. The van der Waals surface area contributed by atoms with Crippen LogP contribution in [0.4, 0.5) is 0 Å². The SMILES string of the molecule is CC/C=C\C/C=C\C/C=C\C/C=C\C/C=C\C/C=C\CCCCCCCCCCCCCCCCC(=O)OCC(COC(=O)CCCCCCCCCCCC)OC(=O)CCCCC/C=C\C/C=C\C/C=C\CC. The second-order valence-corrected chi connectivity index (χ2v) is 20.2. The molecule has 0 heterocycles. The maximum Gasteiger partial charge on any atom is 0.306 e. The quantitative estimate of drug-likeness (QED) is 0.0261. The predicted octanol–water partition coefficient (Wildman–Crippen LogP) is 21.0. The summed E-state index contributed by atoms with van der Waals surface area (Å²) < 4.78 is 16.8. The van der Waals surface area contributed by atoms with Gasteiger partial charge in [0.1, 0.15) is 13.2 Å². The van der Waals surface area contributed by atoms with Crippen molar-refractivity contribution in [3.63, 3.8) is 0 Å². The summed E-state index contributed by atoms with van der Waals surface area (Å²) in [5, 5.41) is 0. The van der Waals surface area contributed by atoms with E-state index >= 15 is 0 Å². The summed E-state index contributed by atoms with van der Waals surface area (Å²) in [6, 6.07) is 0. The maximum absolute atomic E-state index is 12.8. The summed E-state index contributed by atoms with van der Waals surface area (Å²) in [6.07, 6.45) is 84.0. The standard InChI is InChI=1S/C68H114O6/c1-4-7-10-13-16-19-22-24-25-26-27-28-29-30-31-32-33-34-35-36-37-38-39-40-41-42-43-45-46-49-52-55-58-61-67(70)73-64-65(63-72-66(69)60-57-54-51-48-21-18-15-12-9-6-3)74-68(71)62-59-56-53-50-47-44-23-20-17-14-11-8-5-2/h7-8,10-11,16-17,19-20,24-25,27-28,30-31,33-34,44,47,65H,4-6,9,12-15,18,21-23,26,29,32,35-43,45-46,48-64H2,1-3H3/b10-7-,11-8-,19-16-,20-17-,25-24-,28-27-,31-30-,34-33-,47-44-. The van der Waals surface area contributed by atoms with Crippen LogP contribution in [0.2, 0.25) is 0 Å². The first kappa shape index (κ1) is 70.1. The molecule has 0 aromatic carbocycles. The van der Waals surface area contributed by atoms with Crippen molar-refractivity contribution in [3.05, 3.63) is 109 Å². The number of unbranched alkanes of at least 4 members (excludes halogenated alkanes) is 26. The minimum Gasteiger partial charge on any atom is -0.462 e. The van der Waals surface area contributed by atoms with E-state index in [1.807, 2.05) is 0 Å². The molecule has 1 atom stereocenters. The smallest absolute Gasteiger partial charge is 0.306 e. The van der Waals surface area contributed by atoms with E-state index in [0.29, 0.717) is 19.3 Å². The third kappa shape index (κ3) is 59.0. The van der Waals surface area contributed by atoms with Crippen molar-refractivity contribution in [2.45, 2.75) is 290 Å². The molecule has 0 fully saturated rings. The van der Waals surface area contributed by atoms with E-state index in [0.717, 1.165) is 122 Å². The fourth-order valence-electron chi connectivity index (χ4n) is 8.46. The molecule has 0 spiro atoms. The molecule has 0 aliphatic heterocycles. The summed E-state index contributed by atoms with van der Waals surface area (Å²) in [7, 11) is 0. The predicted molar refractivity (Wildman–Crippen MR) is 320 cm³/mol. The maximum atomic E-state index is 12.8. The van der Waals surface area contributed by atoms with E-state index in [9.17, 15) is 14.4 Å². The number of ether oxygens (including phenoxy) is 3. The lowest BCUT2D eigenvalue weighted by atomic mass is 10.0. The number of carbonyl (C=O) groups excluding carboxylic acids is 3. The summed E-state index contributed by atoms with van der Waals surface area (Å²) in [5.41, 5.74) is 0. The highest BCUT2D eigenvalue weighted by molar-refractivity contribution is 5.71. The van der Waals surface area contributed by atoms with Gasteiger partial charge in [-0.1, -0.05) is 271 Å². The zero-order valence-electron chi connectivity index (χ0n) is 48.3. The normalized spacial score (nSPS) is 12.9. The van der Waals surface area contributed by atoms with Gasteiger partial charge in [-0.05, 0) is 103 Å². The number of esters is 3. The van der Waals surface area contributed by atoms with Gasteiger partial charge in [0.2, 0.25) is 0 Å². The highest BCUT2D eigenvalue weighted by Gasteiger charge is 2.19. The number of hydrogen-bond donors (Lipinski definition) is 0. The third-order valence-electron chi connectivity index (χ3n) is 13.0. The first-order chi connectivity index (χ1) is 36.5. The molecule has 0 aromatic rings. The van der Waals surface area contributed by atoms with Crippen LogP contribution in [0, 0.1) is 0 Å². The molecule has 422 valence electrons. The molecule has 0 N–H and O–H groups in total. The molecule has 1 unspecified atom stereocenters. The van der Waals surface area contributed by atoms with Crippen LogP contribution in [-0.4, -0.2) is 37.2 Å². The Morgan fingerprint density at radius 1 is 0.284 bits per heavy atom. The van der Waals surface area contributed by atoms with E-state index in [1.54, 1.807) is 0 Å². The molecule has 0 saturated carbocycles. The van der Waals surface area contributed by atoms with Crippen molar-refractivity contribution < 1.29 is 28.6 Å². The first-order valence-corrected chi connectivity index (χ1v) is 30.9. The van der Waals surface area contributed by atoms with Gasteiger partial charge >= 0.3 is 17.9 Å². The monoisotopic (exact) mass is 1030 g/mol. The first-order valence-electron chi connectivity index (χ1n) is 30.9. The Hall–Kier alpha value is -3.93. The molecule has 0 saturated heterocycles. The average Bonchev–Trinajstić information content (AvgIpc) is 3.40. The molecule has 0 bridgehead atoms. The Labute approximate surface area is 457 Å². The van der Waals surface area contributed by atoms with Crippen molar-refractivity contribution >= 4 is 17.9 Å². The Balaban J connectivity index is 4.12. The zero-order chi connectivity index (χ0) is 53.6. The van der Waals surface area contributed by atoms with Crippen LogP contribution in [0.5, 0.6) is 0 Å². The van der Waals surface area contributed by atoms with Crippen LogP contribution in [0.3, 0.4) is 0 Å². The van der Waals surface area contributed by atoms with E-state index in [2.05, 4.69) is 130 Å². The van der Waals surface area contributed by atoms with E-state index in [1.165, 1.54) is 122 Å². The van der Waals surface area contributed by atoms with Crippen molar-refractivity contribution in [2.75, 3.05) is 13.2 Å². The van der Waals surface area contributed by atoms with Crippen molar-refractivity contribution in [1.29, 1.82) is 0 Å². The van der Waals surface area contributed by atoms with Gasteiger partial charge in [0.25, 0.3) is 0 Å². The van der Waals surface area contributed by atoms with Gasteiger partial charge in [0.05, 0.1) is 0 Å². The van der Waals surface area contributed by atoms with Gasteiger partial charge in [-0.15, -0.1) is 0 Å². The molecule has 6 heteroatoms. The van der Waals surface area contributed by atoms with Crippen molar-refractivity contribution in [3.8, 4) is 0 Å². The lowest BCUT2D eigenvalue weighted by Gasteiger charge is -2.18. The highest BCUT2D eigenvalue weighted by atomic mass is 16.6. The molecular formula is C68H114O6. The molecule has 74 heavy (non-hydrogen) atoms. The second-order valence-electron chi connectivity index (χ2n) is 20.2. The van der Waals surface area contributed by atoms with Gasteiger partial charge < -0.3 is 14.2 Å². The van der Waals surface area contributed by atoms with Gasteiger partial charge in [-0.3, -0.25) is 14.4 Å². The molecular weight excluding hydrogens is 913 g/mol. The minimum absolute atomic E-state index is 0.0872. The van der Waals surface area contributed by atoms with E-state index < -0.39 is 6.10 Å². The highest BCUT2D eigenvalue weighted by Crippen LogP contribution is 2.16. The Bertz CT molecular complexity index is 1510. The second kappa shape index (κ2) is 61.6. The zero-order valence-corrected chi connectivity index (χ0v) is 48.3. The van der Waals surface area contributed by atoms with Crippen LogP contribution in [0.1, 0.15) is 284 Å². The Morgan fingerprint density at radius 3 is 0.838 bits per heavy atom. The van der Waals surface area contributed by atoms with Crippen molar-refractivity contribution in [2.24, 2.45) is 0 Å². The van der Waals surface area contributed by atoms with Crippen LogP contribution in [0.15, 0.2) is 109 Å². The van der Waals surface area contributed by atoms with Crippen molar-refractivity contribution in [1.82, 2.24) is 0 Å². The Morgan fingerprint density at radius 2 is 0.527 bits per heavy atom. The molecule has 0 amide bonds. The molecule has 0 rings (SSSR count). The topological polar surface area (TPSA) is 78.9 Å². The lowest BCUT2D eigenvalue weighted by Crippen LogP contribution is -2.30. The van der Waals surface area contributed by atoms with Crippen LogP contribution in [-0.2, 0) is 28.6 Å². The number of rotatable bonds is 55. The number of hydrogen-bond acceptors (Lipinski definition) is 6. The minimum atomic E-state index is -0.791. The van der Waals surface area contributed by atoms with E-state index in [-0.39, 0.29) is 31.1 Å². The van der Waals surface area contributed by atoms with Gasteiger partial charge in [0, 0.05) is 19.3 Å². The van der Waals surface area contributed by atoms with E-state index in [4.69, 9.17) is 14.2 Å². The molecule has 0 aliphatic carbocycles. The lowest BCUT2D eigenvalue weighted by molar-refractivity contribution is -0.167. The third-order valence-corrected chi connectivity index (χ3v) is 13.0. The summed E-state index contributed by atoms with van der Waals surface area (Å²) in [6.45, 7) is 6.38. The summed E-state index contributed by atoms with van der Waals surface area (Å²) >= 11 is 0. The van der Waals surface area contributed by atoms with Gasteiger partial charge in [0.15, 0.2) is 6.10 Å². The van der Waals surface area contributed by atoms with Gasteiger partial charge in [-0.25, -0.2) is 0 Å². The fraction of sp³-hybridized carbons (Fsp3) is 0.691. The fourth-order valence-corrected chi connectivity index (χ4v) is 8.46. The van der Waals surface area contributed by atoms with Crippen LogP contribution in [0.25, 0.3) is 0 Å². The van der Waals surface area contributed by atoms with Gasteiger partial charge in [-0.2, -0.15) is 0 Å². The Kier molecular flexibility index (Phi) is 58.3. The number of allylic oxidation sites excluding steroid dienone is 18. The molecule has 0 aromatic heterocycles. The van der Waals surface area contributed by atoms with Crippen LogP contribution < -0.4 is 0 Å². The largest absolute Gasteiger partial charge is 0.462 e. The molecule has 6 nitrogen and oxygen atoms in total. The summed E-state index contributed by atoms with van der Waals surface area (Å²) in [4.78, 5) is 38.1. The molecule has 0 aliphatic rings. The molecule has 0 radical (unpaired) electrons.